The van der Waals surface area contributed by atoms with Crippen LogP contribution in [0.2, 0.25) is 0 Å². The molecule has 1 aromatic rings. The van der Waals surface area contributed by atoms with Gasteiger partial charge >= 0.3 is 0 Å². The van der Waals surface area contributed by atoms with Crippen molar-refractivity contribution in [3.05, 3.63) is 23.8 Å². The van der Waals surface area contributed by atoms with Crippen LogP contribution in [-0.2, 0) is 14.3 Å². The highest BCUT2D eigenvalue weighted by molar-refractivity contribution is 6.02. The van der Waals surface area contributed by atoms with E-state index in [2.05, 4.69) is 15.5 Å². The molecule has 1 aromatic carbocycles. The molecule has 3 fully saturated rings. The lowest BCUT2D eigenvalue weighted by atomic mass is 10.1. The van der Waals surface area contributed by atoms with Gasteiger partial charge in [0.15, 0.2) is 0 Å². The highest BCUT2D eigenvalue weighted by Gasteiger charge is 2.26. The zero-order chi connectivity index (χ0) is 20.9. The number of hydrogen-bond acceptors (Lipinski definition) is 6. The minimum Gasteiger partial charge on any atom is -0.378 e. The molecule has 0 radical (unpaired) electrons. The predicted octanol–water partition coefficient (Wildman–Crippen LogP) is 0.130. The summed E-state index contributed by atoms with van der Waals surface area (Å²) in [5.74, 6) is -0.247. The van der Waals surface area contributed by atoms with Gasteiger partial charge in [-0.1, -0.05) is 0 Å². The molecule has 0 aliphatic carbocycles. The fourth-order valence-electron chi connectivity index (χ4n) is 4.19. The van der Waals surface area contributed by atoms with Crippen molar-refractivity contribution in [1.29, 1.82) is 0 Å². The quantitative estimate of drug-likeness (QED) is 0.710. The van der Waals surface area contributed by atoms with Crippen LogP contribution in [0.25, 0.3) is 0 Å². The number of anilines is 2. The first-order chi connectivity index (χ1) is 14.6. The average Bonchev–Trinajstić information content (AvgIpc) is 3.29. The molecule has 2 N–H and O–H groups in total. The average molecular weight is 415 g/mol. The Morgan fingerprint density at radius 1 is 1.07 bits per heavy atom. The predicted molar refractivity (Wildman–Crippen MR) is 113 cm³/mol. The van der Waals surface area contributed by atoms with E-state index in [1.54, 1.807) is 6.07 Å². The van der Waals surface area contributed by atoms with E-state index < -0.39 is 0 Å². The molecule has 3 saturated heterocycles. The molecule has 4 rings (SSSR count). The molecule has 3 aliphatic rings. The standard InChI is InChI=1S/C21H29N5O4/c27-19-14-24(8-5-22-19)15-20(28)23-16-3-4-18(25-9-11-30-12-10-25)17(13-16)21(29)26-6-1-2-7-26/h3-4,13H,1-2,5-12,14-15H2,(H,22,27)(H,23,28). The van der Waals surface area contributed by atoms with Crippen LogP contribution < -0.4 is 15.5 Å². The number of morpholine rings is 1. The Bertz CT molecular complexity index is 803. The number of carbonyl (C=O) groups excluding carboxylic acids is 3. The lowest BCUT2D eigenvalue weighted by Crippen LogP contribution is -2.49. The number of rotatable bonds is 5. The van der Waals surface area contributed by atoms with E-state index in [0.29, 0.717) is 37.6 Å². The monoisotopic (exact) mass is 415 g/mol. The molecule has 162 valence electrons. The van der Waals surface area contributed by atoms with Crippen molar-refractivity contribution >= 4 is 29.1 Å². The van der Waals surface area contributed by atoms with E-state index >= 15 is 0 Å². The largest absolute Gasteiger partial charge is 0.378 e. The first-order valence-electron chi connectivity index (χ1n) is 10.6. The van der Waals surface area contributed by atoms with Crippen LogP contribution in [0.1, 0.15) is 23.2 Å². The maximum atomic E-state index is 13.2. The molecule has 0 bridgehead atoms. The summed E-state index contributed by atoms with van der Waals surface area (Å²) in [5, 5.41) is 5.64. The summed E-state index contributed by atoms with van der Waals surface area (Å²) >= 11 is 0. The van der Waals surface area contributed by atoms with Gasteiger partial charge in [0.2, 0.25) is 11.8 Å². The molecule has 9 nitrogen and oxygen atoms in total. The van der Waals surface area contributed by atoms with E-state index in [0.717, 1.165) is 44.7 Å². The summed E-state index contributed by atoms with van der Waals surface area (Å²) in [5.41, 5.74) is 2.11. The molecular weight excluding hydrogens is 386 g/mol. The van der Waals surface area contributed by atoms with Crippen molar-refractivity contribution in [1.82, 2.24) is 15.1 Å². The maximum absolute atomic E-state index is 13.2. The molecule has 0 unspecified atom stereocenters. The maximum Gasteiger partial charge on any atom is 0.256 e. The summed E-state index contributed by atoms with van der Waals surface area (Å²) in [6, 6.07) is 5.54. The molecule has 30 heavy (non-hydrogen) atoms. The Kier molecular flexibility index (Phi) is 6.49. The third kappa shape index (κ3) is 4.91. The van der Waals surface area contributed by atoms with Gasteiger partial charge in [0, 0.05) is 50.6 Å². The highest BCUT2D eigenvalue weighted by atomic mass is 16.5. The van der Waals surface area contributed by atoms with Crippen molar-refractivity contribution < 1.29 is 19.1 Å². The zero-order valence-electron chi connectivity index (χ0n) is 17.2. The van der Waals surface area contributed by atoms with E-state index in [4.69, 9.17) is 4.74 Å². The second kappa shape index (κ2) is 9.44. The molecular formula is C21H29N5O4. The van der Waals surface area contributed by atoms with Gasteiger partial charge in [0.1, 0.15) is 0 Å². The second-order valence-corrected chi connectivity index (χ2v) is 7.94. The summed E-state index contributed by atoms with van der Waals surface area (Å²) in [6.07, 6.45) is 2.05. The molecule has 0 saturated carbocycles. The fraction of sp³-hybridized carbons (Fsp3) is 0.571. The molecule has 9 heteroatoms. The number of hydrogen-bond donors (Lipinski definition) is 2. The number of benzene rings is 1. The van der Waals surface area contributed by atoms with Gasteiger partial charge in [-0.3, -0.25) is 19.3 Å². The molecule has 3 aliphatic heterocycles. The summed E-state index contributed by atoms with van der Waals surface area (Å²) in [6.45, 7) is 5.87. The van der Waals surface area contributed by atoms with Crippen LogP contribution in [0.15, 0.2) is 18.2 Å². The highest BCUT2D eigenvalue weighted by Crippen LogP contribution is 2.28. The summed E-state index contributed by atoms with van der Waals surface area (Å²) in [7, 11) is 0. The molecule has 0 atom stereocenters. The Morgan fingerprint density at radius 3 is 2.57 bits per heavy atom. The van der Waals surface area contributed by atoms with Crippen LogP contribution in [0, 0.1) is 0 Å². The van der Waals surface area contributed by atoms with Gasteiger partial charge in [-0.25, -0.2) is 0 Å². The Morgan fingerprint density at radius 2 is 1.83 bits per heavy atom. The smallest absolute Gasteiger partial charge is 0.256 e. The Labute approximate surface area is 176 Å². The van der Waals surface area contributed by atoms with E-state index in [1.165, 1.54) is 0 Å². The third-order valence-electron chi connectivity index (χ3n) is 5.74. The van der Waals surface area contributed by atoms with Crippen molar-refractivity contribution in [3.8, 4) is 0 Å². The molecule has 3 amide bonds. The first kappa shape index (κ1) is 20.6. The number of likely N-dealkylation sites (tertiary alicyclic amines) is 1. The van der Waals surface area contributed by atoms with E-state index in [1.807, 2.05) is 21.9 Å². The van der Waals surface area contributed by atoms with Gasteiger partial charge in [0.05, 0.1) is 31.9 Å². The van der Waals surface area contributed by atoms with Crippen LogP contribution in [0.4, 0.5) is 11.4 Å². The Balaban J connectivity index is 1.50. The molecule has 0 aromatic heterocycles. The van der Waals surface area contributed by atoms with E-state index in [-0.39, 0.29) is 30.8 Å². The van der Waals surface area contributed by atoms with Crippen molar-refractivity contribution in [3.63, 3.8) is 0 Å². The molecule has 0 spiro atoms. The number of carbonyl (C=O) groups is 3. The zero-order valence-corrected chi connectivity index (χ0v) is 17.2. The van der Waals surface area contributed by atoms with Gasteiger partial charge in [-0.15, -0.1) is 0 Å². The Hall–Kier alpha value is -2.65. The first-order valence-corrected chi connectivity index (χ1v) is 10.6. The molecule has 3 heterocycles. The van der Waals surface area contributed by atoms with Crippen molar-refractivity contribution in [2.75, 3.05) is 75.8 Å². The van der Waals surface area contributed by atoms with Gasteiger partial charge in [0.25, 0.3) is 5.91 Å². The minimum absolute atomic E-state index is 0.0118. The van der Waals surface area contributed by atoms with Crippen LogP contribution in [0.3, 0.4) is 0 Å². The topological polar surface area (TPSA) is 94.2 Å². The normalized spacial score (nSPS) is 20.2. The van der Waals surface area contributed by atoms with Crippen molar-refractivity contribution in [2.45, 2.75) is 12.8 Å². The van der Waals surface area contributed by atoms with Gasteiger partial charge in [-0.2, -0.15) is 0 Å². The van der Waals surface area contributed by atoms with Crippen LogP contribution in [-0.4, -0.2) is 93.1 Å². The lowest BCUT2D eigenvalue weighted by Gasteiger charge is -2.31. The minimum atomic E-state index is -0.191. The number of piperazine rings is 1. The number of amides is 3. The van der Waals surface area contributed by atoms with Crippen LogP contribution >= 0.6 is 0 Å². The summed E-state index contributed by atoms with van der Waals surface area (Å²) < 4.78 is 5.45. The third-order valence-corrected chi connectivity index (χ3v) is 5.74. The SMILES string of the molecule is O=C1CN(CC(=O)Nc2ccc(N3CCOCC3)c(C(=O)N3CCCC3)c2)CCN1. The summed E-state index contributed by atoms with van der Waals surface area (Å²) in [4.78, 5) is 43.1. The van der Waals surface area contributed by atoms with Gasteiger partial charge in [-0.05, 0) is 31.0 Å². The van der Waals surface area contributed by atoms with Gasteiger partial charge < -0.3 is 25.2 Å². The number of nitrogens with zero attached hydrogens (tertiary/aromatic N) is 3. The van der Waals surface area contributed by atoms with Crippen molar-refractivity contribution in [2.24, 2.45) is 0 Å². The lowest BCUT2D eigenvalue weighted by molar-refractivity contribution is -0.125. The number of ether oxygens (including phenoxy) is 1. The van der Waals surface area contributed by atoms with E-state index in [9.17, 15) is 14.4 Å². The fourth-order valence-corrected chi connectivity index (χ4v) is 4.19. The second-order valence-electron chi connectivity index (χ2n) is 7.94. The number of nitrogens with one attached hydrogen (secondary N) is 2. The van der Waals surface area contributed by atoms with Crippen LogP contribution in [0.5, 0.6) is 0 Å².